The third-order valence-electron chi connectivity index (χ3n) is 6.56. The van der Waals surface area contributed by atoms with Crippen LogP contribution in [0.5, 0.6) is 0 Å². The number of halogens is 1. The molecule has 2 aromatic rings. The van der Waals surface area contributed by atoms with Gasteiger partial charge >= 0.3 is 0 Å². The summed E-state index contributed by atoms with van der Waals surface area (Å²) in [5.74, 6) is -0.239. The molecule has 1 N–H and O–H groups in total. The van der Waals surface area contributed by atoms with Crippen LogP contribution in [-0.4, -0.2) is 28.7 Å². The third-order valence-corrected chi connectivity index (χ3v) is 6.56. The largest absolute Gasteiger partial charge is 0.375 e. The minimum Gasteiger partial charge on any atom is -0.375 e. The molecule has 0 amide bonds. The van der Waals surface area contributed by atoms with Gasteiger partial charge in [-0.3, -0.25) is 9.97 Å². The number of ether oxygens (including phenoxy) is 1. The van der Waals surface area contributed by atoms with Crippen molar-refractivity contribution in [1.82, 2.24) is 15.3 Å². The Morgan fingerprint density at radius 2 is 2.04 bits per heavy atom. The molecule has 3 heterocycles. The van der Waals surface area contributed by atoms with Crippen LogP contribution in [0.3, 0.4) is 0 Å². The first kappa shape index (κ1) is 19.5. The molecule has 2 aromatic heterocycles. The second-order valence-corrected chi connectivity index (χ2v) is 8.50. The van der Waals surface area contributed by atoms with Crippen LogP contribution in [0.2, 0.25) is 0 Å². The van der Waals surface area contributed by atoms with Crippen LogP contribution in [0, 0.1) is 12.7 Å². The van der Waals surface area contributed by atoms with Crippen molar-refractivity contribution in [3.63, 3.8) is 0 Å². The summed E-state index contributed by atoms with van der Waals surface area (Å²) in [5, 5.41) is 3.49. The predicted molar refractivity (Wildman–Crippen MR) is 108 cm³/mol. The molecule has 2 aliphatic rings. The van der Waals surface area contributed by atoms with Crippen molar-refractivity contribution >= 4 is 0 Å². The molecule has 4 rings (SSSR count). The minimum absolute atomic E-state index is 0.0414. The van der Waals surface area contributed by atoms with Crippen molar-refractivity contribution in [2.75, 3.05) is 13.2 Å². The summed E-state index contributed by atoms with van der Waals surface area (Å²) in [6.07, 6.45) is 11.6. The lowest BCUT2D eigenvalue weighted by molar-refractivity contribution is -0.104. The van der Waals surface area contributed by atoms with Gasteiger partial charge < -0.3 is 10.1 Å². The Morgan fingerprint density at radius 3 is 2.79 bits per heavy atom. The van der Waals surface area contributed by atoms with Gasteiger partial charge in [0, 0.05) is 36.7 Å². The van der Waals surface area contributed by atoms with E-state index in [9.17, 15) is 4.39 Å². The first-order chi connectivity index (χ1) is 13.6. The molecular weight excluding hydrogens is 353 g/mol. The summed E-state index contributed by atoms with van der Waals surface area (Å²) >= 11 is 0. The Balaban J connectivity index is 1.45. The Bertz CT molecular complexity index is 792. The molecule has 0 unspecified atom stereocenters. The highest BCUT2D eigenvalue weighted by molar-refractivity contribution is 5.21. The maximum absolute atomic E-state index is 13.7. The summed E-state index contributed by atoms with van der Waals surface area (Å²) in [4.78, 5) is 8.86. The van der Waals surface area contributed by atoms with Gasteiger partial charge in [0.2, 0.25) is 0 Å². The molecule has 1 aliphatic carbocycles. The maximum Gasteiger partial charge on any atom is 0.144 e. The first-order valence-corrected chi connectivity index (χ1v) is 10.5. The average Bonchev–Trinajstić information content (AvgIpc) is 3.16. The Kier molecular flexibility index (Phi) is 5.74. The minimum atomic E-state index is -0.239. The Labute approximate surface area is 166 Å². The molecular formula is C23H30FN3O. The van der Waals surface area contributed by atoms with Gasteiger partial charge in [-0.2, -0.15) is 0 Å². The summed E-state index contributed by atoms with van der Waals surface area (Å²) in [6.45, 7) is 3.99. The quantitative estimate of drug-likeness (QED) is 0.748. The van der Waals surface area contributed by atoms with Crippen molar-refractivity contribution in [2.24, 2.45) is 0 Å². The fraction of sp³-hybridized carbons (Fsp3) is 0.565. The molecule has 28 heavy (non-hydrogen) atoms. The fourth-order valence-corrected chi connectivity index (χ4v) is 5.00. The molecule has 1 saturated heterocycles. The van der Waals surface area contributed by atoms with E-state index in [4.69, 9.17) is 9.72 Å². The van der Waals surface area contributed by atoms with Crippen LogP contribution in [0.1, 0.15) is 61.9 Å². The number of hydrogen-bond donors (Lipinski definition) is 1. The molecule has 1 spiro atoms. The van der Waals surface area contributed by atoms with Gasteiger partial charge in [0.25, 0.3) is 0 Å². The van der Waals surface area contributed by atoms with Gasteiger partial charge in [0.05, 0.1) is 11.3 Å². The average molecular weight is 384 g/mol. The Hall–Kier alpha value is -1.85. The van der Waals surface area contributed by atoms with Crippen LogP contribution in [-0.2, 0) is 16.7 Å². The van der Waals surface area contributed by atoms with Crippen LogP contribution >= 0.6 is 0 Å². The van der Waals surface area contributed by atoms with Crippen LogP contribution in [0.15, 0.2) is 36.7 Å². The summed E-state index contributed by atoms with van der Waals surface area (Å²) < 4.78 is 20.0. The van der Waals surface area contributed by atoms with E-state index in [1.54, 1.807) is 19.2 Å². The van der Waals surface area contributed by atoms with E-state index in [1.807, 2.05) is 12.3 Å². The molecule has 150 valence electrons. The van der Waals surface area contributed by atoms with Gasteiger partial charge in [-0.05, 0) is 69.3 Å². The highest BCUT2D eigenvalue weighted by Crippen LogP contribution is 2.49. The lowest BCUT2D eigenvalue weighted by atomic mass is 9.68. The van der Waals surface area contributed by atoms with Gasteiger partial charge in [-0.1, -0.05) is 18.9 Å². The lowest BCUT2D eigenvalue weighted by Crippen LogP contribution is -2.47. The topological polar surface area (TPSA) is 47.0 Å². The molecule has 5 heteroatoms. The molecule has 0 radical (unpaired) electrons. The van der Waals surface area contributed by atoms with E-state index in [0.29, 0.717) is 12.2 Å². The summed E-state index contributed by atoms with van der Waals surface area (Å²) in [5.41, 5.74) is 2.61. The molecule has 1 saturated carbocycles. The van der Waals surface area contributed by atoms with Gasteiger partial charge in [0.15, 0.2) is 0 Å². The van der Waals surface area contributed by atoms with Gasteiger partial charge in [-0.15, -0.1) is 0 Å². The van der Waals surface area contributed by atoms with Crippen LogP contribution in [0.25, 0.3) is 0 Å². The fourth-order valence-electron chi connectivity index (χ4n) is 5.00. The molecule has 0 bridgehead atoms. The van der Waals surface area contributed by atoms with Crippen molar-refractivity contribution in [3.8, 4) is 0 Å². The van der Waals surface area contributed by atoms with E-state index in [2.05, 4.69) is 22.4 Å². The number of aryl methyl sites for hydroxylation is 1. The van der Waals surface area contributed by atoms with E-state index in [0.717, 1.165) is 38.0 Å². The number of aromatic nitrogens is 2. The summed E-state index contributed by atoms with van der Waals surface area (Å²) in [6, 6.07) is 7.83. The number of hydrogen-bond acceptors (Lipinski definition) is 4. The highest BCUT2D eigenvalue weighted by atomic mass is 19.1. The molecule has 4 nitrogen and oxygen atoms in total. The van der Waals surface area contributed by atoms with Crippen molar-refractivity contribution in [1.29, 1.82) is 0 Å². The zero-order chi connectivity index (χ0) is 19.5. The third kappa shape index (κ3) is 4.11. The summed E-state index contributed by atoms with van der Waals surface area (Å²) in [7, 11) is 0. The van der Waals surface area contributed by atoms with Crippen LogP contribution < -0.4 is 5.32 Å². The Morgan fingerprint density at radius 1 is 1.18 bits per heavy atom. The van der Waals surface area contributed by atoms with E-state index >= 15 is 0 Å². The van der Waals surface area contributed by atoms with Gasteiger partial charge in [0.1, 0.15) is 5.82 Å². The normalized spacial score (nSPS) is 23.9. The predicted octanol–water partition coefficient (Wildman–Crippen LogP) is 4.47. The van der Waals surface area contributed by atoms with E-state index in [-0.39, 0.29) is 16.8 Å². The maximum atomic E-state index is 13.7. The van der Waals surface area contributed by atoms with E-state index in [1.165, 1.54) is 31.4 Å². The zero-order valence-electron chi connectivity index (χ0n) is 16.7. The van der Waals surface area contributed by atoms with Gasteiger partial charge in [-0.25, -0.2) is 4.39 Å². The smallest absolute Gasteiger partial charge is 0.144 e. The number of nitrogens with one attached hydrogen (secondary N) is 1. The molecule has 2 fully saturated rings. The van der Waals surface area contributed by atoms with Crippen LogP contribution in [0.4, 0.5) is 4.39 Å². The second kappa shape index (κ2) is 8.26. The number of rotatable bonds is 6. The van der Waals surface area contributed by atoms with Crippen molar-refractivity contribution in [2.45, 2.75) is 69.4 Å². The molecule has 0 aromatic carbocycles. The molecule has 1 atom stereocenters. The second-order valence-electron chi connectivity index (χ2n) is 8.50. The lowest BCUT2D eigenvalue weighted by Gasteiger charge is -2.46. The van der Waals surface area contributed by atoms with E-state index < -0.39 is 0 Å². The van der Waals surface area contributed by atoms with Crippen molar-refractivity contribution in [3.05, 3.63) is 59.4 Å². The highest BCUT2D eigenvalue weighted by Gasteiger charge is 2.48. The SMILES string of the molecule is Cc1ncc(CNCC[C@@]2(c3ccccn3)CCOC3(CCCC3)C2)cc1F. The number of pyridine rings is 2. The zero-order valence-corrected chi connectivity index (χ0v) is 16.7. The first-order valence-electron chi connectivity index (χ1n) is 10.5. The standard InChI is InChI=1S/C23H30FN3O/c1-18-20(24)14-19(16-27-18)15-25-12-9-22(21-6-2-5-11-26-21)10-13-28-23(17-22)7-3-4-8-23/h2,5-6,11,14,16,25H,3-4,7-10,12-13,15,17H2,1H3/t22-/m1/s1. The monoisotopic (exact) mass is 383 g/mol. The number of nitrogens with zero attached hydrogens (tertiary/aromatic N) is 2. The van der Waals surface area contributed by atoms with Crippen molar-refractivity contribution < 1.29 is 9.13 Å². The molecule has 1 aliphatic heterocycles.